The zero-order valence-corrected chi connectivity index (χ0v) is 47.8. The van der Waals surface area contributed by atoms with E-state index >= 15 is 0 Å². The van der Waals surface area contributed by atoms with Crippen molar-refractivity contribution in [1.82, 2.24) is 0 Å². The second kappa shape index (κ2) is 17.3. The van der Waals surface area contributed by atoms with Gasteiger partial charge >= 0.3 is 0 Å². The molecule has 0 saturated carbocycles. The van der Waals surface area contributed by atoms with Crippen LogP contribution in [0.5, 0.6) is 0 Å². The summed E-state index contributed by atoms with van der Waals surface area (Å²) in [4.78, 5) is 5.40. The maximum atomic E-state index is 2.70. The molecule has 2 aliphatic heterocycles. The Kier molecular flexibility index (Phi) is 11.3. The molecular formula is C68H67BN2S2Si. The first-order chi connectivity index (χ1) is 35.3. The Morgan fingerprint density at radius 3 is 1.04 bits per heavy atom. The highest BCUT2D eigenvalue weighted by atomic mass is 32.1. The number of thiophene rings is 2. The third-order valence-electron chi connectivity index (χ3n) is 16.0. The molecule has 368 valence electrons. The number of rotatable bonds is 6. The van der Waals surface area contributed by atoms with Gasteiger partial charge in [0.15, 0.2) is 8.07 Å². The van der Waals surface area contributed by atoms with Crippen LogP contribution in [0.25, 0.3) is 20.2 Å². The highest BCUT2D eigenvalue weighted by Gasteiger charge is 2.50. The Labute approximate surface area is 449 Å². The fourth-order valence-corrected chi connectivity index (χ4v) is 20.4. The van der Waals surface area contributed by atoms with Crippen LogP contribution in [0, 0.1) is 0 Å². The molecule has 12 rings (SSSR count). The van der Waals surface area contributed by atoms with Crippen LogP contribution in [0.4, 0.5) is 34.1 Å². The van der Waals surface area contributed by atoms with Crippen LogP contribution in [0.2, 0.25) is 0 Å². The van der Waals surface area contributed by atoms with Gasteiger partial charge in [0.05, 0.1) is 11.4 Å². The lowest BCUT2D eigenvalue weighted by molar-refractivity contribution is 0.590. The predicted octanol–water partition coefficient (Wildman–Crippen LogP) is 14.8. The monoisotopic (exact) mass is 1010 g/mol. The lowest BCUT2D eigenvalue weighted by Gasteiger charge is -2.44. The maximum Gasteiger partial charge on any atom is 0.277 e. The van der Waals surface area contributed by atoms with Crippen LogP contribution < -0.4 is 45.6 Å². The van der Waals surface area contributed by atoms with Gasteiger partial charge in [-0.05, 0) is 107 Å². The lowest BCUT2D eigenvalue weighted by atomic mass is 9.39. The van der Waals surface area contributed by atoms with E-state index < -0.39 is 8.07 Å². The van der Waals surface area contributed by atoms with Crippen molar-refractivity contribution >= 4 is 128 Å². The minimum absolute atomic E-state index is 0.00519. The summed E-state index contributed by atoms with van der Waals surface area (Å²) in [6.45, 7) is 28.2. The molecule has 0 bridgehead atoms. The van der Waals surface area contributed by atoms with E-state index in [0.29, 0.717) is 0 Å². The largest absolute Gasteiger partial charge is 0.310 e. The SMILES string of the molecule is CC(C)(C)c1ccc(N2c3cc([Si](c4ccccc4)(c4ccccc4)c4ccccc4)cc4c3B(c3sc5c(C(C)(C)C)cccc5c32)c2sc3c(C(C)(C)C)cccc3c2N4c2ccc(C(C)(C)C)cc2)cc1. The fourth-order valence-electron chi connectivity index (χ4n) is 12.2. The number of benzene rings is 8. The van der Waals surface area contributed by atoms with E-state index in [4.69, 9.17) is 0 Å². The smallest absolute Gasteiger partial charge is 0.277 e. The first-order valence-electron chi connectivity index (χ1n) is 26.5. The van der Waals surface area contributed by atoms with Gasteiger partial charge in [-0.25, -0.2) is 0 Å². The Balaban J connectivity index is 1.31. The van der Waals surface area contributed by atoms with Gasteiger partial charge in [0.2, 0.25) is 0 Å². The summed E-state index contributed by atoms with van der Waals surface area (Å²) >= 11 is 4.08. The van der Waals surface area contributed by atoms with Crippen LogP contribution in [0.1, 0.15) is 105 Å². The van der Waals surface area contributed by atoms with E-state index in [1.165, 1.54) is 112 Å². The van der Waals surface area contributed by atoms with Gasteiger partial charge in [0.1, 0.15) is 0 Å². The van der Waals surface area contributed by atoms with Crippen LogP contribution in [-0.2, 0) is 21.7 Å². The zero-order chi connectivity index (χ0) is 51.7. The molecule has 4 heterocycles. The molecule has 2 aliphatic rings. The minimum atomic E-state index is -3.11. The number of anilines is 6. The van der Waals surface area contributed by atoms with Gasteiger partial charge in [0, 0.05) is 52.5 Å². The molecule has 8 aromatic carbocycles. The zero-order valence-electron chi connectivity index (χ0n) is 45.2. The van der Waals surface area contributed by atoms with Gasteiger partial charge in [-0.2, -0.15) is 0 Å². The Hall–Kier alpha value is -6.44. The van der Waals surface area contributed by atoms with Crippen molar-refractivity contribution in [2.24, 2.45) is 0 Å². The molecule has 0 aliphatic carbocycles. The van der Waals surface area contributed by atoms with Gasteiger partial charge in [-0.15, -0.1) is 22.7 Å². The first kappa shape index (κ1) is 48.5. The molecule has 0 atom stereocenters. The van der Waals surface area contributed by atoms with Gasteiger partial charge in [0.25, 0.3) is 6.71 Å². The van der Waals surface area contributed by atoms with E-state index in [2.05, 4.69) is 281 Å². The summed E-state index contributed by atoms with van der Waals surface area (Å²) < 4.78 is 5.61. The molecule has 2 aromatic heterocycles. The Morgan fingerprint density at radius 1 is 0.365 bits per heavy atom. The molecule has 10 aromatic rings. The minimum Gasteiger partial charge on any atom is -0.310 e. The summed E-state index contributed by atoms with van der Waals surface area (Å²) in [5, 5.41) is 8.10. The predicted molar refractivity (Wildman–Crippen MR) is 330 cm³/mol. The first-order valence-corrected chi connectivity index (χ1v) is 30.2. The molecule has 6 heteroatoms. The summed E-state index contributed by atoms with van der Waals surface area (Å²) in [5.41, 5.74) is 14.2. The third-order valence-corrected chi connectivity index (χ3v) is 23.3. The van der Waals surface area contributed by atoms with Crippen molar-refractivity contribution in [3.8, 4) is 0 Å². The summed E-state index contributed by atoms with van der Waals surface area (Å²) in [5.74, 6) is 0. The molecule has 74 heavy (non-hydrogen) atoms. The molecular weight excluding hydrogens is 948 g/mol. The fraction of sp³-hybridized carbons (Fsp3) is 0.235. The van der Waals surface area contributed by atoms with E-state index in [1.54, 1.807) is 0 Å². The van der Waals surface area contributed by atoms with Crippen molar-refractivity contribution in [2.75, 3.05) is 9.80 Å². The number of hydrogen-bond acceptors (Lipinski definition) is 4. The van der Waals surface area contributed by atoms with Crippen molar-refractivity contribution in [2.45, 2.75) is 105 Å². The van der Waals surface area contributed by atoms with Crippen molar-refractivity contribution < 1.29 is 0 Å². The highest BCUT2D eigenvalue weighted by molar-refractivity contribution is 7.41. The standard InChI is InChI=1S/C68H67BN2S2Si/c1-65(2,3)44-34-38-46(39-35-44)70-56-42-51(74(48-24-16-13-17-25-48,49-26-18-14-19-27-49)50-28-20-15-21-29-50)43-57-58(56)69(63-59(70)52-30-22-32-54(61(52)72-63)67(7,8)9)64-60(53-31-23-33-55(62(53)73-64)68(10,11)12)71(57)47-40-36-45(37-41-47)66(4,5)6/h13-43H,1-12H3. The summed E-state index contributed by atoms with van der Waals surface area (Å²) in [7, 11) is -3.11. The van der Waals surface area contributed by atoms with Crippen molar-refractivity contribution in [1.29, 1.82) is 0 Å². The van der Waals surface area contributed by atoms with Crippen molar-refractivity contribution in [3.05, 3.63) is 210 Å². The molecule has 0 saturated heterocycles. The Morgan fingerprint density at radius 2 is 0.716 bits per heavy atom. The van der Waals surface area contributed by atoms with Crippen LogP contribution in [0.3, 0.4) is 0 Å². The summed E-state index contributed by atoms with van der Waals surface area (Å²) in [6, 6.07) is 73.2. The molecule has 0 fully saturated rings. The van der Waals surface area contributed by atoms with Crippen LogP contribution in [-0.4, -0.2) is 14.8 Å². The third kappa shape index (κ3) is 7.61. The second-order valence-corrected chi connectivity index (χ2v) is 30.9. The average molecular weight is 1020 g/mol. The normalized spacial score (nSPS) is 13.9. The molecule has 0 amide bonds. The van der Waals surface area contributed by atoms with Crippen molar-refractivity contribution in [3.63, 3.8) is 0 Å². The summed E-state index contributed by atoms with van der Waals surface area (Å²) in [6.07, 6.45) is 0. The topological polar surface area (TPSA) is 6.48 Å². The van der Waals surface area contributed by atoms with Crippen LogP contribution >= 0.6 is 22.7 Å². The quantitative estimate of drug-likeness (QED) is 0.121. The number of fused-ring (bicyclic) bond motifs is 8. The second-order valence-electron chi connectivity index (χ2n) is 25.0. The molecule has 0 N–H and O–H groups in total. The Bertz CT molecular complexity index is 3470. The van der Waals surface area contributed by atoms with Gasteiger partial charge in [-0.1, -0.05) is 235 Å². The maximum absolute atomic E-state index is 3.11. The molecule has 0 radical (unpaired) electrons. The average Bonchev–Trinajstić information content (AvgIpc) is 4.00. The van der Waals surface area contributed by atoms with E-state index in [9.17, 15) is 0 Å². The van der Waals surface area contributed by atoms with E-state index in [1.807, 2.05) is 22.7 Å². The lowest BCUT2D eigenvalue weighted by Crippen LogP contribution is -2.75. The van der Waals surface area contributed by atoms with E-state index in [-0.39, 0.29) is 28.4 Å². The molecule has 0 unspecified atom stereocenters. The highest BCUT2D eigenvalue weighted by Crippen LogP contribution is 2.52. The molecule has 2 nitrogen and oxygen atoms in total. The number of hydrogen-bond donors (Lipinski definition) is 0. The van der Waals surface area contributed by atoms with Gasteiger partial charge < -0.3 is 9.80 Å². The number of nitrogens with zero attached hydrogens (tertiary/aromatic N) is 2. The molecule has 0 spiro atoms. The van der Waals surface area contributed by atoms with E-state index in [0.717, 1.165) is 0 Å². The van der Waals surface area contributed by atoms with Gasteiger partial charge in [-0.3, -0.25) is 0 Å². The van der Waals surface area contributed by atoms with Crippen LogP contribution in [0.15, 0.2) is 188 Å².